The molecule has 0 bridgehead atoms. The Balaban J connectivity index is 1.60. The number of carbonyl (C=O) groups is 1. The number of amides is 1. The van der Waals surface area contributed by atoms with Crippen molar-refractivity contribution in [3.05, 3.63) is 77.1 Å². The van der Waals surface area contributed by atoms with Gasteiger partial charge in [-0.25, -0.2) is 4.68 Å². The normalized spacial score (nSPS) is 10.7. The number of carbonyl (C=O) groups excluding carboxylic acids is 1. The van der Waals surface area contributed by atoms with E-state index in [1.54, 1.807) is 0 Å². The molecule has 0 spiro atoms. The molecule has 2 aromatic carbocycles. The van der Waals surface area contributed by atoms with Gasteiger partial charge in [-0.15, -0.1) is 0 Å². The van der Waals surface area contributed by atoms with E-state index < -0.39 is 0 Å². The van der Waals surface area contributed by atoms with Gasteiger partial charge >= 0.3 is 0 Å². The predicted octanol–water partition coefficient (Wildman–Crippen LogP) is 4.14. The molecule has 0 aliphatic rings. The molecule has 28 heavy (non-hydrogen) atoms. The Morgan fingerprint density at radius 2 is 1.79 bits per heavy atom. The third-order valence-corrected chi connectivity index (χ3v) is 4.80. The first kappa shape index (κ1) is 19.7. The van der Waals surface area contributed by atoms with Crippen LogP contribution in [0.25, 0.3) is 5.69 Å². The minimum atomic E-state index is 0.0255. The zero-order chi connectivity index (χ0) is 19.9. The van der Waals surface area contributed by atoms with Crippen molar-refractivity contribution >= 4 is 5.91 Å². The van der Waals surface area contributed by atoms with Crippen LogP contribution in [0.2, 0.25) is 0 Å². The van der Waals surface area contributed by atoms with Crippen molar-refractivity contribution in [2.75, 3.05) is 6.61 Å². The van der Waals surface area contributed by atoms with Gasteiger partial charge in [-0.3, -0.25) is 4.79 Å². The number of nitrogens with one attached hydrogen (secondary N) is 1. The van der Waals surface area contributed by atoms with Gasteiger partial charge in [0.05, 0.1) is 18.0 Å². The quantitative estimate of drug-likeness (QED) is 0.642. The molecule has 0 radical (unpaired) electrons. The van der Waals surface area contributed by atoms with Crippen LogP contribution >= 0.6 is 0 Å². The number of para-hydroxylation sites is 2. The average molecular weight is 377 g/mol. The number of hydrogen-bond acceptors (Lipinski definition) is 3. The van der Waals surface area contributed by atoms with Gasteiger partial charge in [0.1, 0.15) is 5.75 Å². The molecule has 0 unspecified atom stereocenters. The molecule has 0 fully saturated rings. The Hall–Kier alpha value is -3.08. The van der Waals surface area contributed by atoms with E-state index >= 15 is 0 Å². The van der Waals surface area contributed by atoms with Crippen LogP contribution in [-0.2, 0) is 17.8 Å². The van der Waals surface area contributed by atoms with Crippen molar-refractivity contribution in [3.63, 3.8) is 0 Å². The Morgan fingerprint density at radius 3 is 2.54 bits per heavy atom. The van der Waals surface area contributed by atoms with Gasteiger partial charge in [-0.2, -0.15) is 5.10 Å². The highest BCUT2D eigenvalue weighted by atomic mass is 16.5. The van der Waals surface area contributed by atoms with Crippen LogP contribution in [0.4, 0.5) is 0 Å². The van der Waals surface area contributed by atoms with Crippen molar-refractivity contribution < 1.29 is 9.53 Å². The number of nitrogens with zero attached hydrogens (tertiary/aromatic N) is 2. The maximum absolute atomic E-state index is 12.4. The molecule has 1 amide bonds. The monoisotopic (exact) mass is 377 g/mol. The summed E-state index contributed by atoms with van der Waals surface area (Å²) in [5, 5.41) is 7.67. The van der Waals surface area contributed by atoms with E-state index in [2.05, 4.69) is 10.4 Å². The third-order valence-electron chi connectivity index (χ3n) is 4.80. The maximum Gasteiger partial charge on any atom is 0.220 e. The average Bonchev–Trinajstić information content (AvgIpc) is 3.00. The van der Waals surface area contributed by atoms with Crippen molar-refractivity contribution in [2.45, 2.75) is 40.2 Å². The van der Waals surface area contributed by atoms with Crippen LogP contribution in [0.5, 0.6) is 5.75 Å². The van der Waals surface area contributed by atoms with Gasteiger partial charge in [0.2, 0.25) is 5.91 Å². The SMILES string of the molecule is CCOc1ccccc1CCC(=O)NCc1c(C)nn(-c2ccccc2)c1C. The highest BCUT2D eigenvalue weighted by molar-refractivity contribution is 5.76. The van der Waals surface area contributed by atoms with Crippen LogP contribution in [0.1, 0.15) is 35.9 Å². The molecule has 1 N–H and O–H groups in total. The van der Waals surface area contributed by atoms with Gasteiger partial charge in [-0.1, -0.05) is 36.4 Å². The molecule has 3 rings (SSSR count). The summed E-state index contributed by atoms with van der Waals surface area (Å²) < 4.78 is 7.56. The number of benzene rings is 2. The minimum absolute atomic E-state index is 0.0255. The lowest BCUT2D eigenvalue weighted by atomic mass is 10.1. The molecule has 0 aliphatic carbocycles. The summed E-state index contributed by atoms with van der Waals surface area (Å²) in [6, 6.07) is 17.9. The van der Waals surface area contributed by atoms with E-state index in [-0.39, 0.29) is 5.91 Å². The van der Waals surface area contributed by atoms with E-state index in [0.29, 0.717) is 26.0 Å². The number of ether oxygens (including phenoxy) is 1. The van der Waals surface area contributed by atoms with Gasteiger partial charge in [0, 0.05) is 24.2 Å². The van der Waals surface area contributed by atoms with Gasteiger partial charge in [0.25, 0.3) is 0 Å². The first-order valence-electron chi connectivity index (χ1n) is 9.68. The van der Waals surface area contributed by atoms with Gasteiger partial charge in [0.15, 0.2) is 0 Å². The molecule has 1 aromatic heterocycles. The molecule has 0 atom stereocenters. The fraction of sp³-hybridized carbons (Fsp3) is 0.304. The van der Waals surface area contributed by atoms with Crippen molar-refractivity contribution in [2.24, 2.45) is 0 Å². The Kier molecular flexibility index (Phi) is 6.48. The standard InChI is InChI=1S/C23H27N3O2/c1-4-28-22-13-9-8-10-19(22)14-15-23(27)24-16-21-17(2)25-26(18(21)3)20-11-6-5-7-12-20/h5-13H,4,14-16H2,1-3H3,(H,24,27). The highest BCUT2D eigenvalue weighted by Crippen LogP contribution is 2.20. The third kappa shape index (κ3) is 4.60. The largest absolute Gasteiger partial charge is 0.494 e. The molecule has 0 aliphatic heterocycles. The molecule has 1 heterocycles. The van der Waals surface area contributed by atoms with Crippen molar-refractivity contribution in [1.82, 2.24) is 15.1 Å². The lowest BCUT2D eigenvalue weighted by molar-refractivity contribution is -0.121. The van der Waals surface area contributed by atoms with Crippen LogP contribution in [0.15, 0.2) is 54.6 Å². The molecule has 0 saturated heterocycles. The first-order valence-corrected chi connectivity index (χ1v) is 9.68. The van der Waals surface area contributed by atoms with E-state index in [1.807, 2.05) is 80.1 Å². The number of rotatable bonds is 8. The lowest BCUT2D eigenvalue weighted by Crippen LogP contribution is -2.23. The van der Waals surface area contributed by atoms with E-state index in [9.17, 15) is 4.79 Å². The molecule has 146 valence electrons. The van der Waals surface area contributed by atoms with E-state index in [4.69, 9.17) is 4.74 Å². The Morgan fingerprint density at radius 1 is 1.07 bits per heavy atom. The van der Waals surface area contributed by atoms with Crippen LogP contribution in [0, 0.1) is 13.8 Å². The summed E-state index contributed by atoms with van der Waals surface area (Å²) >= 11 is 0. The van der Waals surface area contributed by atoms with Crippen LogP contribution in [0.3, 0.4) is 0 Å². The summed E-state index contributed by atoms with van der Waals surface area (Å²) in [7, 11) is 0. The summed E-state index contributed by atoms with van der Waals surface area (Å²) in [4.78, 5) is 12.4. The molecular formula is C23H27N3O2. The molecular weight excluding hydrogens is 350 g/mol. The zero-order valence-corrected chi connectivity index (χ0v) is 16.7. The van der Waals surface area contributed by atoms with Crippen LogP contribution in [-0.4, -0.2) is 22.3 Å². The number of hydrogen-bond donors (Lipinski definition) is 1. The van der Waals surface area contributed by atoms with Gasteiger partial charge in [-0.05, 0) is 51.0 Å². The summed E-state index contributed by atoms with van der Waals surface area (Å²) in [5.41, 5.74) is 5.12. The lowest BCUT2D eigenvalue weighted by Gasteiger charge is -2.10. The number of aryl methyl sites for hydroxylation is 2. The molecule has 3 aromatic rings. The summed E-state index contributed by atoms with van der Waals surface area (Å²) in [5.74, 6) is 0.881. The fourth-order valence-electron chi connectivity index (χ4n) is 3.28. The van der Waals surface area contributed by atoms with Gasteiger partial charge < -0.3 is 10.1 Å². The smallest absolute Gasteiger partial charge is 0.220 e. The first-order chi connectivity index (χ1) is 13.6. The maximum atomic E-state index is 12.4. The Bertz CT molecular complexity index is 932. The number of aromatic nitrogens is 2. The zero-order valence-electron chi connectivity index (χ0n) is 16.7. The van der Waals surface area contributed by atoms with E-state index in [1.165, 1.54) is 0 Å². The van der Waals surface area contributed by atoms with E-state index in [0.717, 1.165) is 34.0 Å². The van der Waals surface area contributed by atoms with Crippen LogP contribution < -0.4 is 10.1 Å². The fourth-order valence-corrected chi connectivity index (χ4v) is 3.28. The molecule has 5 heteroatoms. The second kappa shape index (κ2) is 9.22. The topological polar surface area (TPSA) is 56.1 Å². The van der Waals surface area contributed by atoms with Crippen molar-refractivity contribution in [3.8, 4) is 11.4 Å². The second-order valence-corrected chi connectivity index (χ2v) is 6.71. The highest BCUT2D eigenvalue weighted by Gasteiger charge is 2.14. The molecule has 5 nitrogen and oxygen atoms in total. The predicted molar refractivity (Wildman–Crippen MR) is 111 cm³/mol. The second-order valence-electron chi connectivity index (χ2n) is 6.71. The molecule has 0 saturated carbocycles. The summed E-state index contributed by atoms with van der Waals surface area (Å²) in [6.07, 6.45) is 1.08. The minimum Gasteiger partial charge on any atom is -0.494 e. The van der Waals surface area contributed by atoms with Crippen molar-refractivity contribution in [1.29, 1.82) is 0 Å². The Labute approximate surface area is 166 Å². The summed E-state index contributed by atoms with van der Waals surface area (Å²) in [6.45, 7) is 7.08.